The third kappa shape index (κ3) is 3.56. The number of allylic oxidation sites excluding steroid dienone is 3. The first-order valence-electron chi connectivity index (χ1n) is 8.08. The smallest absolute Gasteiger partial charge is 0.335 e. The fourth-order valence-electron chi connectivity index (χ4n) is 2.74. The van der Waals surface area contributed by atoms with Gasteiger partial charge in [0.25, 0.3) is 0 Å². The van der Waals surface area contributed by atoms with Crippen LogP contribution in [-0.2, 0) is 17.6 Å². The van der Waals surface area contributed by atoms with Crippen molar-refractivity contribution in [3.63, 3.8) is 0 Å². The maximum Gasteiger partial charge on any atom is 0.335 e. The zero-order valence-corrected chi connectivity index (χ0v) is 13.6. The van der Waals surface area contributed by atoms with Crippen molar-refractivity contribution >= 4 is 5.97 Å². The van der Waals surface area contributed by atoms with Gasteiger partial charge in [-0.1, -0.05) is 12.1 Å². The Morgan fingerprint density at radius 3 is 3.08 bits per heavy atom. The molecule has 0 saturated carbocycles. The highest BCUT2D eigenvalue weighted by Gasteiger charge is 2.11. The fourth-order valence-corrected chi connectivity index (χ4v) is 2.74. The minimum absolute atomic E-state index is 0.261. The first kappa shape index (κ1) is 16.1. The molecule has 5 nitrogen and oxygen atoms in total. The summed E-state index contributed by atoms with van der Waals surface area (Å²) in [4.78, 5) is 11.1. The zero-order valence-electron chi connectivity index (χ0n) is 13.6. The van der Waals surface area contributed by atoms with Crippen LogP contribution in [0.5, 0.6) is 0 Å². The molecule has 0 saturated heterocycles. The molecule has 1 aliphatic carbocycles. The molecule has 5 heteroatoms. The minimum atomic E-state index is -0.935. The summed E-state index contributed by atoms with van der Waals surface area (Å²) in [7, 11) is 0. The number of fused-ring (bicyclic) bond motifs is 1. The Hall–Kier alpha value is -2.82. The van der Waals surface area contributed by atoms with E-state index in [0.29, 0.717) is 6.61 Å². The van der Waals surface area contributed by atoms with E-state index in [1.54, 1.807) is 22.9 Å². The lowest BCUT2D eigenvalue weighted by molar-refractivity contribution is 0.0697. The lowest BCUT2D eigenvalue weighted by atomic mass is 10.1. The third-order valence-corrected chi connectivity index (χ3v) is 3.90. The van der Waals surface area contributed by atoms with Crippen LogP contribution in [0.25, 0.3) is 5.69 Å². The summed E-state index contributed by atoms with van der Waals surface area (Å²) in [5.74, 6) is -0.0277. The van der Waals surface area contributed by atoms with Crippen LogP contribution in [0.3, 0.4) is 0 Å². The summed E-state index contributed by atoms with van der Waals surface area (Å²) in [5.41, 5.74) is 3.21. The van der Waals surface area contributed by atoms with Crippen molar-refractivity contribution in [2.24, 2.45) is 0 Å². The van der Waals surface area contributed by atoms with Gasteiger partial charge in [-0.05, 0) is 55.7 Å². The molecule has 0 spiro atoms. The molecule has 0 aliphatic heterocycles. The minimum Gasteiger partial charge on any atom is -0.494 e. The number of carboxylic acid groups (broad SMARTS) is 1. The second-order valence-electron chi connectivity index (χ2n) is 5.59. The molecule has 0 atom stereocenters. The molecular weight excluding hydrogens is 304 g/mol. The van der Waals surface area contributed by atoms with E-state index < -0.39 is 5.97 Å². The van der Waals surface area contributed by atoms with Gasteiger partial charge < -0.3 is 9.84 Å². The number of nitrogens with zero attached hydrogens (tertiary/aromatic N) is 2. The molecule has 1 aromatic heterocycles. The Kier molecular flexibility index (Phi) is 4.79. The predicted octanol–water partition coefficient (Wildman–Crippen LogP) is 3.54. The third-order valence-electron chi connectivity index (χ3n) is 3.90. The number of hydrogen-bond acceptors (Lipinski definition) is 3. The van der Waals surface area contributed by atoms with Gasteiger partial charge in [0.1, 0.15) is 5.76 Å². The average molecular weight is 324 g/mol. The standard InChI is InChI=1S/C19H20N2O3/c1-2-24-17-9-4-7-15-13-21(20-18(15)11-5-10-17)16-8-3-6-14(12-16)19(22)23/h3,5-6,8-10,12-13H,2,4,7,11H2,1H3,(H,22,23). The van der Waals surface area contributed by atoms with E-state index in [-0.39, 0.29) is 5.56 Å². The number of aromatic carboxylic acids is 1. The molecule has 0 fully saturated rings. The fraction of sp³-hybridized carbons (Fsp3) is 0.263. The monoisotopic (exact) mass is 324 g/mol. The molecule has 0 radical (unpaired) electrons. The predicted molar refractivity (Wildman–Crippen MR) is 91.4 cm³/mol. The van der Waals surface area contributed by atoms with Gasteiger partial charge in [-0.2, -0.15) is 5.10 Å². The van der Waals surface area contributed by atoms with Crippen molar-refractivity contribution in [1.82, 2.24) is 9.78 Å². The van der Waals surface area contributed by atoms with Crippen LogP contribution in [0.4, 0.5) is 0 Å². The van der Waals surface area contributed by atoms with Gasteiger partial charge in [0.05, 0.1) is 23.6 Å². The van der Waals surface area contributed by atoms with Crippen molar-refractivity contribution in [2.45, 2.75) is 26.2 Å². The van der Waals surface area contributed by atoms with E-state index in [0.717, 1.165) is 36.4 Å². The van der Waals surface area contributed by atoms with E-state index in [2.05, 4.69) is 17.3 Å². The van der Waals surface area contributed by atoms with E-state index in [9.17, 15) is 4.79 Å². The molecule has 1 aromatic carbocycles. The van der Waals surface area contributed by atoms with Gasteiger partial charge in [-0.25, -0.2) is 9.48 Å². The molecule has 1 heterocycles. The van der Waals surface area contributed by atoms with Crippen molar-refractivity contribution < 1.29 is 14.6 Å². The number of carbonyl (C=O) groups is 1. The van der Waals surface area contributed by atoms with Crippen molar-refractivity contribution in [3.05, 3.63) is 71.3 Å². The van der Waals surface area contributed by atoms with Crippen molar-refractivity contribution in [1.29, 1.82) is 0 Å². The van der Waals surface area contributed by atoms with Gasteiger partial charge >= 0.3 is 5.97 Å². The zero-order chi connectivity index (χ0) is 16.9. The highest BCUT2D eigenvalue weighted by molar-refractivity contribution is 5.88. The van der Waals surface area contributed by atoms with Gasteiger partial charge in [0.2, 0.25) is 0 Å². The van der Waals surface area contributed by atoms with E-state index in [1.165, 1.54) is 5.56 Å². The molecular formula is C19H20N2O3. The Morgan fingerprint density at radius 2 is 2.29 bits per heavy atom. The first-order chi connectivity index (χ1) is 11.7. The summed E-state index contributed by atoms with van der Waals surface area (Å²) >= 11 is 0. The van der Waals surface area contributed by atoms with Crippen molar-refractivity contribution in [3.8, 4) is 5.69 Å². The molecule has 0 unspecified atom stereocenters. The number of ether oxygens (including phenoxy) is 1. The molecule has 2 aromatic rings. The van der Waals surface area contributed by atoms with Crippen LogP contribution < -0.4 is 0 Å². The molecule has 0 bridgehead atoms. The van der Waals surface area contributed by atoms with Crippen LogP contribution in [-0.4, -0.2) is 27.5 Å². The topological polar surface area (TPSA) is 64.3 Å². The Morgan fingerprint density at radius 1 is 1.42 bits per heavy atom. The summed E-state index contributed by atoms with van der Waals surface area (Å²) in [6, 6.07) is 6.82. The van der Waals surface area contributed by atoms with Crippen LogP contribution in [0.15, 0.2) is 54.4 Å². The maximum absolute atomic E-state index is 11.1. The number of aryl methyl sites for hydroxylation is 1. The van der Waals surface area contributed by atoms with Crippen LogP contribution in [0.1, 0.15) is 35.0 Å². The average Bonchev–Trinajstić information content (AvgIpc) is 3.00. The number of hydrogen-bond donors (Lipinski definition) is 1. The van der Waals surface area contributed by atoms with Gasteiger partial charge in [0, 0.05) is 12.6 Å². The van der Waals surface area contributed by atoms with Crippen LogP contribution in [0.2, 0.25) is 0 Å². The highest BCUT2D eigenvalue weighted by Crippen LogP contribution is 2.19. The molecule has 3 rings (SSSR count). The molecule has 24 heavy (non-hydrogen) atoms. The van der Waals surface area contributed by atoms with Crippen LogP contribution in [0, 0.1) is 0 Å². The molecule has 0 amide bonds. The summed E-state index contributed by atoms with van der Waals surface area (Å²) in [5, 5.41) is 13.8. The summed E-state index contributed by atoms with van der Waals surface area (Å²) in [6.45, 7) is 2.64. The van der Waals surface area contributed by atoms with Gasteiger partial charge in [-0.3, -0.25) is 0 Å². The Bertz CT molecular complexity index is 803. The Labute approximate surface area is 140 Å². The van der Waals surface area contributed by atoms with Crippen molar-refractivity contribution in [2.75, 3.05) is 6.61 Å². The lowest BCUT2D eigenvalue weighted by Gasteiger charge is -2.03. The van der Waals surface area contributed by atoms with Gasteiger partial charge in [-0.15, -0.1) is 0 Å². The Balaban J connectivity index is 1.87. The summed E-state index contributed by atoms with van der Waals surface area (Å²) in [6.07, 6.45) is 10.6. The maximum atomic E-state index is 11.1. The SMILES string of the molecule is CCOC1=CCCc2cn(-c3cccc(C(=O)O)c3)nc2CC=C1. The second kappa shape index (κ2) is 7.17. The van der Waals surface area contributed by atoms with Crippen LogP contribution >= 0.6 is 0 Å². The number of benzene rings is 1. The number of carboxylic acids is 1. The number of aromatic nitrogens is 2. The normalized spacial score (nSPS) is 14.1. The van der Waals surface area contributed by atoms with Gasteiger partial charge in [0.15, 0.2) is 0 Å². The first-order valence-corrected chi connectivity index (χ1v) is 8.08. The van der Waals surface area contributed by atoms with E-state index in [1.807, 2.05) is 25.3 Å². The van der Waals surface area contributed by atoms with E-state index >= 15 is 0 Å². The lowest BCUT2D eigenvalue weighted by Crippen LogP contribution is -2.00. The number of rotatable bonds is 4. The quantitative estimate of drug-likeness (QED) is 0.934. The molecule has 124 valence electrons. The van der Waals surface area contributed by atoms with E-state index in [4.69, 9.17) is 9.84 Å². The molecule has 1 N–H and O–H groups in total. The highest BCUT2D eigenvalue weighted by atomic mass is 16.5. The largest absolute Gasteiger partial charge is 0.494 e. The second-order valence-corrected chi connectivity index (χ2v) is 5.59. The summed E-state index contributed by atoms with van der Waals surface area (Å²) < 4.78 is 7.33. The molecule has 1 aliphatic rings.